The Kier molecular flexibility index (Phi) is 4.06. The van der Waals surface area contributed by atoms with Crippen LogP contribution in [0.4, 0.5) is 4.39 Å². The van der Waals surface area contributed by atoms with Crippen LogP contribution in [0.5, 0.6) is 0 Å². The summed E-state index contributed by atoms with van der Waals surface area (Å²) in [5.74, 6) is -0.296. The molecule has 0 bridgehead atoms. The van der Waals surface area contributed by atoms with Crippen molar-refractivity contribution in [3.05, 3.63) is 34.1 Å². The highest BCUT2D eigenvalue weighted by atomic mass is 79.9. The van der Waals surface area contributed by atoms with Crippen LogP contribution >= 0.6 is 15.9 Å². The van der Waals surface area contributed by atoms with Crippen LogP contribution in [0.1, 0.15) is 12.5 Å². The molecule has 0 aliphatic heterocycles. The Hall–Kier alpha value is -0.740. The molecule has 66 valence electrons. The van der Waals surface area contributed by atoms with Crippen molar-refractivity contribution in [3.63, 3.8) is 0 Å². The molecule has 0 amide bonds. The fourth-order valence-corrected chi connectivity index (χ4v) is 1.11. The minimum absolute atomic E-state index is 0. The summed E-state index contributed by atoms with van der Waals surface area (Å²) >= 11 is 3.04. The van der Waals surface area contributed by atoms with E-state index in [1.807, 2.05) is 0 Å². The van der Waals surface area contributed by atoms with Gasteiger partial charge >= 0.3 is 0 Å². The molecule has 0 aromatic heterocycles. The molecule has 0 aliphatic carbocycles. The molecule has 1 aromatic carbocycles. The van der Waals surface area contributed by atoms with Crippen molar-refractivity contribution in [1.29, 1.82) is 5.41 Å². The Balaban J connectivity index is 0.00000121. The topological polar surface area (TPSA) is 55.4 Å². The van der Waals surface area contributed by atoms with Gasteiger partial charge in [0.2, 0.25) is 0 Å². The first-order valence-electron chi connectivity index (χ1n) is 3.12. The average Bonchev–Trinajstić information content (AvgIpc) is 1.94. The summed E-state index contributed by atoms with van der Waals surface area (Å²) in [5, 5.41) is 7.26. The second-order valence-corrected chi connectivity index (χ2v) is 3.11. The van der Waals surface area contributed by atoms with Gasteiger partial charge in [0.15, 0.2) is 0 Å². The Morgan fingerprint density at radius 2 is 2.08 bits per heavy atom. The quantitative estimate of drug-likeness (QED) is 0.724. The van der Waals surface area contributed by atoms with E-state index in [-0.39, 0.29) is 11.3 Å². The largest absolute Gasteiger partial charge is 0.412 e. The summed E-state index contributed by atoms with van der Waals surface area (Å²) < 4.78 is 13.0. The predicted octanol–water partition coefficient (Wildman–Crippen LogP) is 2.15. The van der Waals surface area contributed by atoms with E-state index in [2.05, 4.69) is 15.9 Å². The first-order chi connectivity index (χ1) is 5.11. The highest BCUT2D eigenvalue weighted by molar-refractivity contribution is 9.10. The summed E-state index contributed by atoms with van der Waals surface area (Å²) in [5.41, 5.74) is 1.17. The standard InChI is InChI=1S/C8H7BrFN.H2O/c1-5(11)6-2-3-8(10)7(9)4-6;/h2-4,11H,1H3;1H2. The van der Waals surface area contributed by atoms with E-state index >= 15 is 0 Å². The fraction of sp³-hybridized carbons (Fsp3) is 0.125. The lowest BCUT2D eigenvalue weighted by Gasteiger charge is -1.98. The Morgan fingerprint density at radius 3 is 2.50 bits per heavy atom. The molecule has 3 N–H and O–H groups in total. The van der Waals surface area contributed by atoms with Gasteiger partial charge in [0.25, 0.3) is 0 Å². The van der Waals surface area contributed by atoms with E-state index in [4.69, 9.17) is 5.41 Å². The van der Waals surface area contributed by atoms with Gasteiger partial charge in [-0.3, -0.25) is 0 Å². The maximum absolute atomic E-state index is 12.6. The average molecular weight is 234 g/mol. The molecule has 0 unspecified atom stereocenters. The van der Waals surface area contributed by atoms with Gasteiger partial charge in [-0.2, -0.15) is 0 Å². The molecular formula is C8H9BrFNO. The van der Waals surface area contributed by atoms with Crippen LogP contribution < -0.4 is 0 Å². The number of benzene rings is 1. The van der Waals surface area contributed by atoms with Gasteiger partial charge in [-0.25, -0.2) is 4.39 Å². The van der Waals surface area contributed by atoms with E-state index in [9.17, 15) is 4.39 Å². The van der Waals surface area contributed by atoms with Crippen molar-refractivity contribution in [2.75, 3.05) is 0 Å². The minimum atomic E-state index is -0.296. The zero-order valence-corrected chi connectivity index (χ0v) is 8.07. The fourth-order valence-electron chi connectivity index (χ4n) is 0.729. The Morgan fingerprint density at radius 1 is 1.50 bits per heavy atom. The zero-order chi connectivity index (χ0) is 8.43. The number of halogens is 2. The summed E-state index contributed by atoms with van der Waals surface area (Å²) in [4.78, 5) is 0. The first-order valence-corrected chi connectivity index (χ1v) is 3.91. The monoisotopic (exact) mass is 233 g/mol. The van der Waals surface area contributed by atoms with Gasteiger partial charge in [0, 0.05) is 5.71 Å². The van der Waals surface area contributed by atoms with Crippen molar-refractivity contribution in [1.82, 2.24) is 0 Å². The Labute approximate surface area is 78.4 Å². The van der Waals surface area contributed by atoms with E-state index in [1.54, 1.807) is 19.1 Å². The molecule has 0 aliphatic rings. The van der Waals surface area contributed by atoms with Gasteiger partial charge in [0.05, 0.1) is 4.47 Å². The van der Waals surface area contributed by atoms with Crippen molar-refractivity contribution in [2.24, 2.45) is 0 Å². The van der Waals surface area contributed by atoms with Gasteiger partial charge in [-0.05, 0) is 40.5 Å². The second kappa shape index (κ2) is 4.33. The third-order valence-electron chi connectivity index (χ3n) is 1.35. The zero-order valence-electron chi connectivity index (χ0n) is 6.49. The third kappa shape index (κ3) is 2.39. The summed E-state index contributed by atoms with van der Waals surface area (Å²) in [6.45, 7) is 1.67. The maximum Gasteiger partial charge on any atom is 0.137 e. The maximum atomic E-state index is 12.6. The SMILES string of the molecule is CC(=N)c1ccc(F)c(Br)c1.O. The number of nitrogens with one attached hydrogen (secondary N) is 1. The van der Waals surface area contributed by atoms with Gasteiger partial charge in [0.1, 0.15) is 5.82 Å². The normalized spacial score (nSPS) is 8.92. The number of hydrogen-bond donors (Lipinski definition) is 1. The molecule has 12 heavy (non-hydrogen) atoms. The molecule has 0 heterocycles. The molecule has 1 aromatic rings. The molecule has 0 fully saturated rings. The molecule has 2 nitrogen and oxygen atoms in total. The molecular weight excluding hydrogens is 225 g/mol. The predicted molar refractivity (Wildman–Crippen MR) is 50.2 cm³/mol. The molecule has 0 spiro atoms. The molecule has 4 heteroatoms. The van der Waals surface area contributed by atoms with Crippen molar-refractivity contribution < 1.29 is 9.87 Å². The van der Waals surface area contributed by atoms with E-state index < -0.39 is 0 Å². The van der Waals surface area contributed by atoms with Crippen LogP contribution in [0.2, 0.25) is 0 Å². The number of hydrogen-bond acceptors (Lipinski definition) is 1. The molecule has 0 saturated heterocycles. The minimum Gasteiger partial charge on any atom is -0.412 e. The summed E-state index contributed by atoms with van der Waals surface area (Å²) in [6.07, 6.45) is 0. The van der Waals surface area contributed by atoms with Gasteiger partial charge < -0.3 is 10.9 Å². The highest BCUT2D eigenvalue weighted by Gasteiger charge is 2.00. The van der Waals surface area contributed by atoms with Crippen molar-refractivity contribution >= 4 is 21.6 Å². The lowest BCUT2D eigenvalue weighted by Crippen LogP contribution is -1.92. The van der Waals surface area contributed by atoms with E-state index in [0.717, 1.165) is 5.56 Å². The first kappa shape index (κ1) is 11.3. The lowest BCUT2D eigenvalue weighted by molar-refractivity contribution is 0.621. The Bertz CT molecular complexity index is 301. The highest BCUT2D eigenvalue weighted by Crippen LogP contribution is 2.16. The summed E-state index contributed by atoms with van der Waals surface area (Å²) in [7, 11) is 0. The lowest BCUT2D eigenvalue weighted by atomic mass is 10.1. The van der Waals surface area contributed by atoms with Crippen LogP contribution in [0.3, 0.4) is 0 Å². The second-order valence-electron chi connectivity index (χ2n) is 2.25. The van der Waals surface area contributed by atoms with Crippen molar-refractivity contribution in [2.45, 2.75) is 6.92 Å². The molecule has 0 atom stereocenters. The van der Waals surface area contributed by atoms with Gasteiger partial charge in [-0.15, -0.1) is 0 Å². The summed E-state index contributed by atoms with van der Waals surface area (Å²) in [6, 6.07) is 4.53. The number of rotatable bonds is 1. The van der Waals surface area contributed by atoms with Crippen LogP contribution in [0.15, 0.2) is 22.7 Å². The van der Waals surface area contributed by atoms with Crippen LogP contribution in [-0.4, -0.2) is 11.2 Å². The van der Waals surface area contributed by atoms with Crippen LogP contribution in [0.25, 0.3) is 0 Å². The van der Waals surface area contributed by atoms with Crippen LogP contribution in [0, 0.1) is 11.2 Å². The third-order valence-corrected chi connectivity index (χ3v) is 1.96. The van der Waals surface area contributed by atoms with Gasteiger partial charge in [-0.1, -0.05) is 6.07 Å². The molecule has 1 rings (SSSR count). The smallest absolute Gasteiger partial charge is 0.137 e. The van der Waals surface area contributed by atoms with Crippen molar-refractivity contribution in [3.8, 4) is 0 Å². The van der Waals surface area contributed by atoms with Crippen LogP contribution in [-0.2, 0) is 0 Å². The van der Waals surface area contributed by atoms with E-state index in [1.165, 1.54) is 6.07 Å². The van der Waals surface area contributed by atoms with E-state index in [0.29, 0.717) is 10.2 Å². The molecule has 0 radical (unpaired) electrons. The molecule has 0 saturated carbocycles.